The molecule has 2 amide bonds. The number of carbonyl (C=O) groups excluding carboxylic acids is 2. The van der Waals surface area contributed by atoms with Crippen LogP contribution in [-0.2, 0) is 29.0 Å². The Morgan fingerprint density at radius 1 is 0.933 bits per heavy atom. The average Bonchev–Trinajstić information content (AvgIpc) is 2.76. The molecule has 4 nitrogen and oxygen atoms in total. The van der Waals surface area contributed by atoms with E-state index in [1.807, 2.05) is 26.0 Å². The van der Waals surface area contributed by atoms with Gasteiger partial charge >= 0.3 is 0 Å². The van der Waals surface area contributed by atoms with Gasteiger partial charge in [-0.2, -0.15) is 0 Å². The van der Waals surface area contributed by atoms with Crippen LogP contribution in [0.15, 0.2) is 48.5 Å². The molecular formula is C25H33ClN2O2. The van der Waals surface area contributed by atoms with Crippen LogP contribution in [0, 0.1) is 0 Å². The molecule has 0 bridgehead atoms. The topological polar surface area (TPSA) is 49.4 Å². The SMILES string of the molecule is CCc1ccc(CCC(=O)N(Cc2ccc(Cl)cc2)[C@@H](C)C(=O)N[C@@H](C)CC)cc1. The highest BCUT2D eigenvalue weighted by Crippen LogP contribution is 2.16. The molecule has 162 valence electrons. The standard InChI is InChI=1S/C25H33ClN2O2/c1-5-18(3)27-25(30)19(4)28(17-22-11-14-23(26)15-12-22)24(29)16-13-21-9-7-20(6-2)8-10-21/h7-12,14-15,18-19H,5-6,13,16-17H2,1-4H3,(H,27,30)/t18-,19-/m0/s1. The van der Waals surface area contributed by atoms with Gasteiger partial charge in [0.05, 0.1) is 0 Å². The van der Waals surface area contributed by atoms with E-state index in [-0.39, 0.29) is 17.9 Å². The molecule has 2 aromatic rings. The van der Waals surface area contributed by atoms with Crippen LogP contribution >= 0.6 is 11.6 Å². The van der Waals surface area contributed by atoms with Crippen LogP contribution in [0.5, 0.6) is 0 Å². The normalized spacial score (nSPS) is 12.8. The molecule has 2 atom stereocenters. The average molecular weight is 429 g/mol. The summed E-state index contributed by atoms with van der Waals surface area (Å²) >= 11 is 5.99. The third-order valence-electron chi connectivity index (χ3n) is 5.49. The molecule has 0 fully saturated rings. The minimum atomic E-state index is -0.551. The van der Waals surface area contributed by atoms with E-state index < -0.39 is 6.04 Å². The van der Waals surface area contributed by atoms with Crippen molar-refractivity contribution in [1.29, 1.82) is 0 Å². The number of aryl methyl sites for hydroxylation is 2. The number of carbonyl (C=O) groups is 2. The minimum Gasteiger partial charge on any atom is -0.352 e. The van der Waals surface area contributed by atoms with Crippen molar-refractivity contribution < 1.29 is 9.59 Å². The van der Waals surface area contributed by atoms with Crippen LogP contribution in [-0.4, -0.2) is 28.8 Å². The van der Waals surface area contributed by atoms with Crippen LogP contribution in [0.25, 0.3) is 0 Å². The van der Waals surface area contributed by atoms with E-state index >= 15 is 0 Å². The Bertz CT molecular complexity index is 818. The summed E-state index contributed by atoms with van der Waals surface area (Å²) in [5, 5.41) is 3.64. The Labute approximate surface area is 185 Å². The van der Waals surface area contributed by atoms with Crippen LogP contribution in [0.2, 0.25) is 5.02 Å². The van der Waals surface area contributed by atoms with Crippen LogP contribution < -0.4 is 5.32 Å². The predicted molar refractivity (Wildman–Crippen MR) is 124 cm³/mol. The number of hydrogen-bond donors (Lipinski definition) is 1. The molecule has 0 heterocycles. The molecule has 0 spiro atoms. The Balaban J connectivity index is 2.12. The second-order valence-electron chi connectivity index (χ2n) is 7.81. The zero-order valence-corrected chi connectivity index (χ0v) is 19.2. The van der Waals surface area contributed by atoms with Crippen LogP contribution in [0.3, 0.4) is 0 Å². The number of rotatable bonds is 10. The van der Waals surface area contributed by atoms with Gasteiger partial charge in [0.2, 0.25) is 11.8 Å². The molecule has 0 aliphatic heterocycles. The first-order chi connectivity index (χ1) is 14.3. The number of halogens is 1. The second-order valence-corrected chi connectivity index (χ2v) is 8.25. The molecule has 0 aromatic heterocycles. The third kappa shape index (κ3) is 7.17. The third-order valence-corrected chi connectivity index (χ3v) is 5.75. The number of nitrogens with one attached hydrogen (secondary N) is 1. The highest BCUT2D eigenvalue weighted by Gasteiger charge is 2.26. The lowest BCUT2D eigenvalue weighted by atomic mass is 10.0. The fourth-order valence-electron chi connectivity index (χ4n) is 3.17. The van der Waals surface area contributed by atoms with Gasteiger partial charge in [-0.15, -0.1) is 0 Å². The van der Waals surface area contributed by atoms with E-state index in [0.717, 1.165) is 24.0 Å². The van der Waals surface area contributed by atoms with Crippen molar-refractivity contribution in [2.45, 2.75) is 72.0 Å². The smallest absolute Gasteiger partial charge is 0.242 e. The molecule has 2 aromatic carbocycles. The second kappa shape index (κ2) is 11.8. The number of benzene rings is 2. The van der Waals surface area contributed by atoms with Gasteiger partial charge < -0.3 is 10.2 Å². The van der Waals surface area contributed by atoms with Crippen molar-refractivity contribution in [3.63, 3.8) is 0 Å². The largest absolute Gasteiger partial charge is 0.352 e. The molecule has 1 N–H and O–H groups in total. The maximum atomic E-state index is 13.1. The van der Waals surface area contributed by atoms with Crippen molar-refractivity contribution in [3.8, 4) is 0 Å². The maximum Gasteiger partial charge on any atom is 0.242 e. The van der Waals surface area contributed by atoms with Crippen molar-refractivity contribution >= 4 is 23.4 Å². The molecule has 0 saturated heterocycles. The van der Waals surface area contributed by atoms with Crippen molar-refractivity contribution in [1.82, 2.24) is 10.2 Å². The predicted octanol–water partition coefficient (Wildman–Crippen LogP) is 5.17. The van der Waals surface area contributed by atoms with Gasteiger partial charge in [0.25, 0.3) is 0 Å². The highest BCUT2D eigenvalue weighted by molar-refractivity contribution is 6.30. The van der Waals surface area contributed by atoms with Crippen molar-refractivity contribution in [3.05, 3.63) is 70.2 Å². The first-order valence-electron chi connectivity index (χ1n) is 10.8. The van der Waals surface area contributed by atoms with Gasteiger partial charge in [-0.25, -0.2) is 0 Å². The molecule has 0 radical (unpaired) electrons. The molecular weight excluding hydrogens is 396 g/mol. The minimum absolute atomic E-state index is 0.0312. The van der Waals surface area contributed by atoms with Gasteiger partial charge in [-0.3, -0.25) is 9.59 Å². The summed E-state index contributed by atoms with van der Waals surface area (Å²) in [6, 6.07) is 15.3. The summed E-state index contributed by atoms with van der Waals surface area (Å²) in [5.41, 5.74) is 3.36. The summed E-state index contributed by atoms with van der Waals surface area (Å²) in [6.45, 7) is 8.28. The van der Waals surface area contributed by atoms with Gasteiger partial charge in [-0.1, -0.05) is 61.8 Å². The summed E-state index contributed by atoms with van der Waals surface area (Å²) in [5.74, 6) is -0.157. The van der Waals surface area contributed by atoms with E-state index in [0.29, 0.717) is 24.4 Å². The molecule has 2 rings (SSSR count). The van der Waals surface area contributed by atoms with Crippen LogP contribution in [0.4, 0.5) is 0 Å². The Kier molecular flexibility index (Phi) is 9.38. The summed E-state index contributed by atoms with van der Waals surface area (Å²) < 4.78 is 0. The lowest BCUT2D eigenvalue weighted by Crippen LogP contribution is -2.49. The molecule has 0 aliphatic rings. The number of nitrogens with zero attached hydrogens (tertiary/aromatic N) is 1. The monoisotopic (exact) mass is 428 g/mol. The van der Waals surface area contributed by atoms with E-state index in [1.54, 1.807) is 24.0 Å². The highest BCUT2D eigenvalue weighted by atomic mass is 35.5. The van der Waals surface area contributed by atoms with E-state index in [2.05, 4.69) is 36.5 Å². The number of hydrogen-bond acceptors (Lipinski definition) is 2. The quantitative estimate of drug-likeness (QED) is 0.567. The first-order valence-corrected chi connectivity index (χ1v) is 11.1. The van der Waals surface area contributed by atoms with E-state index in [9.17, 15) is 9.59 Å². The lowest BCUT2D eigenvalue weighted by Gasteiger charge is -2.30. The number of amides is 2. The van der Waals surface area contributed by atoms with Crippen molar-refractivity contribution in [2.24, 2.45) is 0 Å². The van der Waals surface area contributed by atoms with Crippen LogP contribution in [0.1, 0.15) is 57.2 Å². The van der Waals surface area contributed by atoms with Gasteiger partial charge in [0.15, 0.2) is 0 Å². The molecule has 30 heavy (non-hydrogen) atoms. The zero-order chi connectivity index (χ0) is 22.1. The summed E-state index contributed by atoms with van der Waals surface area (Å²) in [7, 11) is 0. The van der Waals surface area contributed by atoms with Gasteiger partial charge in [0.1, 0.15) is 6.04 Å². The lowest BCUT2D eigenvalue weighted by molar-refractivity contribution is -0.140. The Morgan fingerprint density at radius 2 is 1.50 bits per heavy atom. The fraction of sp³-hybridized carbons (Fsp3) is 0.440. The Hall–Kier alpha value is -2.33. The molecule has 0 aliphatic carbocycles. The van der Waals surface area contributed by atoms with Gasteiger partial charge in [0, 0.05) is 24.0 Å². The zero-order valence-electron chi connectivity index (χ0n) is 18.5. The molecule has 0 unspecified atom stereocenters. The summed E-state index contributed by atoms with van der Waals surface area (Å²) in [4.78, 5) is 27.5. The fourth-order valence-corrected chi connectivity index (χ4v) is 3.30. The molecule has 0 saturated carbocycles. The van der Waals surface area contributed by atoms with E-state index in [4.69, 9.17) is 11.6 Å². The first kappa shape index (κ1) is 23.9. The molecule has 5 heteroatoms. The van der Waals surface area contributed by atoms with Crippen molar-refractivity contribution in [2.75, 3.05) is 0 Å². The van der Waals surface area contributed by atoms with Gasteiger partial charge in [-0.05, 0) is 61.9 Å². The van der Waals surface area contributed by atoms with E-state index in [1.165, 1.54) is 5.56 Å². The Morgan fingerprint density at radius 3 is 2.07 bits per heavy atom. The maximum absolute atomic E-state index is 13.1. The summed E-state index contributed by atoms with van der Waals surface area (Å²) in [6.07, 6.45) is 2.86.